The Bertz CT molecular complexity index is 1480. The van der Waals surface area contributed by atoms with Gasteiger partial charge in [-0.2, -0.15) is 0 Å². The summed E-state index contributed by atoms with van der Waals surface area (Å²) in [6.07, 6.45) is 3.12. The zero-order chi connectivity index (χ0) is 28.6. The summed E-state index contributed by atoms with van der Waals surface area (Å²) in [4.78, 5) is 31.3. The number of ether oxygens (including phenoxy) is 3. The average molecular weight is 555 g/mol. The third-order valence-electron chi connectivity index (χ3n) is 7.26. The van der Waals surface area contributed by atoms with Crippen molar-refractivity contribution in [2.24, 2.45) is 5.92 Å². The number of benzene rings is 3. The molecular weight excluding hydrogens is 520 g/mol. The Kier molecular flexibility index (Phi) is 8.83. The Morgan fingerprint density at radius 2 is 1.63 bits per heavy atom. The van der Waals surface area contributed by atoms with Gasteiger partial charge in [0.15, 0.2) is 0 Å². The zero-order valence-corrected chi connectivity index (χ0v) is 23.3. The van der Waals surface area contributed by atoms with Gasteiger partial charge in [0.05, 0.1) is 19.7 Å². The number of amides is 3. The number of piperidine rings is 1. The summed E-state index contributed by atoms with van der Waals surface area (Å²) in [5.41, 5.74) is 4.27. The third kappa shape index (κ3) is 7.25. The normalized spacial score (nSPS) is 13.5. The summed E-state index contributed by atoms with van der Waals surface area (Å²) >= 11 is 0. The Morgan fingerprint density at radius 3 is 2.34 bits per heavy atom. The Balaban J connectivity index is 1.10. The molecule has 0 spiro atoms. The van der Waals surface area contributed by atoms with Crippen LogP contribution >= 0.6 is 0 Å². The maximum Gasteiger partial charge on any atom is 0.410 e. The molecule has 212 valence electrons. The van der Waals surface area contributed by atoms with Gasteiger partial charge in [0.1, 0.15) is 18.1 Å². The van der Waals surface area contributed by atoms with Crippen molar-refractivity contribution in [3.63, 3.8) is 0 Å². The summed E-state index contributed by atoms with van der Waals surface area (Å²) in [5, 5.41) is 6.81. The van der Waals surface area contributed by atoms with Crippen molar-refractivity contribution >= 4 is 28.7 Å². The number of pyridine rings is 1. The monoisotopic (exact) mass is 554 g/mol. The molecule has 1 aliphatic rings. The van der Waals surface area contributed by atoms with E-state index in [4.69, 9.17) is 14.2 Å². The molecule has 3 amide bonds. The van der Waals surface area contributed by atoms with E-state index in [2.05, 4.69) is 15.6 Å². The van der Waals surface area contributed by atoms with E-state index in [9.17, 15) is 9.59 Å². The fourth-order valence-corrected chi connectivity index (χ4v) is 4.87. The first-order valence-electron chi connectivity index (χ1n) is 13.6. The van der Waals surface area contributed by atoms with Gasteiger partial charge in [-0.15, -0.1) is 0 Å². The van der Waals surface area contributed by atoms with E-state index in [-0.39, 0.29) is 18.7 Å². The lowest BCUT2D eigenvalue weighted by molar-refractivity contribution is 0.0824. The Hall–Kier alpha value is -4.79. The van der Waals surface area contributed by atoms with Crippen LogP contribution in [0.1, 0.15) is 18.4 Å². The second-order valence-corrected chi connectivity index (χ2v) is 10.0. The van der Waals surface area contributed by atoms with Crippen molar-refractivity contribution in [1.82, 2.24) is 15.2 Å². The standard InChI is InChI=1S/C32H34N4O5/c1-39-28-15-25(16-29(18-28)40-2)26-14-24-8-9-27(17-30(24)33-20-26)35-31(37)34-19-22-10-12-36(13-11-22)32(38)41-21-23-6-4-3-5-7-23/h3-9,14-18,20,22H,10-13,19,21H2,1-2H3,(H2,34,35,37). The minimum Gasteiger partial charge on any atom is -0.497 e. The number of methoxy groups -OCH3 is 2. The SMILES string of the molecule is COc1cc(OC)cc(-c2cnc3cc(NC(=O)NCC4CCN(C(=O)OCc5ccccc5)CC4)ccc3c2)c1. The highest BCUT2D eigenvalue weighted by Gasteiger charge is 2.24. The maximum atomic E-state index is 12.6. The number of hydrogen-bond acceptors (Lipinski definition) is 6. The van der Waals surface area contributed by atoms with Crippen molar-refractivity contribution in [3.8, 4) is 22.6 Å². The first-order chi connectivity index (χ1) is 20.0. The van der Waals surface area contributed by atoms with E-state index in [1.165, 1.54) is 0 Å². The van der Waals surface area contributed by atoms with Crippen LogP contribution in [0.5, 0.6) is 11.5 Å². The van der Waals surface area contributed by atoms with E-state index >= 15 is 0 Å². The second kappa shape index (κ2) is 13.0. The lowest BCUT2D eigenvalue weighted by Crippen LogP contribution is -2.42. The Labute approximate surface area is 239 Å². The summed E-state index contributed by atoms with van der Waals surface area (Å²) in [5.74, 6) is 1.71. The molecule has 41 heavy (non-hydrogen) atoms. The lowest BCUT2D eigenvalue weighted by Gasteiger charge is -2.31. The fraction of sp³-hybridized carbons (Fsp3) is 0.281. The number of fused-ring (bicyclic) bond motifs is 1. The topological polar surface area (TPSA) is 102 Å². The minimum absolute atomic E-state index is 0.268. The molecule has 3 aromatic carbocycles. The van der Waals surface area contributed by atoms with E-state index in [0.717, 1.165) is 40.4 Å². The molecule has 2 N–H and O–H groups in total. The number of urea groups is 1. The molecule has 1 aromatic heterocycles. The van der Waals surface area contributed by atoms with E-state index in [1.807, 2.05) is 72.8 Å². The molecule has 0 aliphatic carbocycles. The molecule has 0 bridgehead atoms. The number of anilines is 1. The smallest absolute Gasteiger partial charge is 0.410 e. The van der Waals surface area contributed by atoms with Gasteiger partial charge in [0.2, 0.25) is 0 Å². The summed E-state index contributed by atoms with van der Waals surface area (Å²) < 4.78 is 16.2. The molecule has 0 saturated carbocycles. The highest BCUT2D eigenvalue weighted by atomic mass is 16.6. The van der Waals surface area contributed by atoms with Crippen LogP contribution < -0.4 is 20.1 Å². The molecule has 1 aliphatic heterocycles. The number of carbonyl (C=O) groups excluding carboxylic acids is 2. The van der Waals surface area contributed by atoms with Gasteiger partial charge < -0.3 is 29.7 Å². The van der Waals surface area contributed by atoms with Crippen molar-refractivity contribution in [2.75, 3.05) is 39.2 Å². The number of rotatable bonds is 8. The van der Waals surface area contributed by atoms with Gasteiger partial charge >= 0.3 is 12.1 Å². The lowest BCUT2D eigenvalue weighted by atomic mass is 9.97. The first kappa shape index (κ1) is 27.8. The molecule has 0 radical (unpaired) electrons. The number of nitrogens with zero attached hydrogens (tertiary/aromatic N) is 2. The maximum absolute atomic E-state index is 12.6. The summed E-state index contributed by atoms with van der Waals surface area (Å²) in [7, 11) is 3.24. The number of nitrogens with one attached hydrogen (secondary N) is 2. The van der Waals surface area contributed by atoms with Crippen LogP contribution in [0.4, 0.5) is 15.3 Å². The van der Waals surface area contributed by atoms with Crippen LogP contribution in [-0.2, 0) is 11.3 Å². The quantitative estimate of drug-likeness (QED) is 0.273. The van der Waals surface area contributed by atoms with Gasteiger partial charge in [-0.25, -0.2) is 9.59 Å². The molecule has 5 rings (SSSR count). The van der Waals surface area contributed by atoms with Crippen LogP contribution in [-0.4, -0.2) is 55.9 Å². The van der Waals surface area contributed by atoms with Crippen LogP contribution in [0, 0.1) is 5.92 Å². The van der Waals surface area contributed by atoms with Crippen LogP contribution in [0.3, 0.4) is 0 Å². The van der Waals surface area contributed by atoms with E-state index < -0.39 is 0 Å². The summed E-state index contributed by atoms with van der Waals surface area (Å²) in [6.45, 7) is 2.03. The summed E-state index contributed by atoms with van der Waals surface area (Å²) in [6, 6.07) is 22.8. The highest BCUT2D eigenvalue weighted by molar-refractivity contribution is 5.93. The minimum atomic E-state index is -0.293. The van der Waals surface area contributed by atoms with Gasteiger partial charge in [-0.3, -0.25) is 4.98 Å². The van der Waals surface area contributed by atoms with Crippen LogP contribution in [0.25, 0.3) is 22.0 Å². The molecule has 0 atom stereocenters. The van der Waals surface area contributed by atoms with Gasteiger partial charge in [0, 0.05) is 48.5 Å². The molecular formula is C32H34N4O5. The number of hydrogen-bond donors (Lipinski definition) is 2. The zero-order valence-electron chi connectivity index (χ0n) is 23.3. The largest absolute Gasteiger partial charge is 0.497 e. The van der Waals surface area contributed by atoms with Crippen molar-refractivity contribution in [2.45, 2.75) is 19.4 Å². The van der Waals surface area contributed by atoms with Gasteiger partial charge in [-0.05, 0) is 60.2 Å². The molecule has 2 heterocycles. The van der Waals surface area contributed by atoms with Crippen molar-refractivity contribution in [3.05, 3.63) is 84.6 Å². The van der Waals surface area contributed by atoms with Gasteiger partial charge in [0.25, 0.3) is 0 Å². The highest BCUT2D eigenvalue weighted by Crippen LogP contribution is 2.31. The Morgan fingerprint density at radius 1 is 0.902 bits per heavy atom. The number of aromatic nitrogens is 1. The van der Waals surface area contributed by atoms with Gasteiger partial charge in [-0.1, -0.05) is 36.4 Å². The molecule has 0 unspecified atom stereocenters. The van der Waals surface area contributed by atoms with Crippen LogP contribution in [0.15, 0.2) is 79.0 Å². The molecule has 9 nitrogen and oxygen atoms in total. The number of carbonyl (C=O) groups is 2. The predicted octanol–water partition coefficient (Wildman–Crippen LogP) is 6.09. The van der Waals surface area contributed by atoms with E-state index in [1.54, 1.807) is 25.3 Å². The second-order valence-electron chi connectivity index (χ2n) is 10.0. The first-order valence-corrected chi connectivity index (χ1v) is 13.6. The predicted molar refractivity (Wildman–Crippen MR) is 158 cm³/mol. The molecule has 1 saturated heterocycles. The van der Waals surface area contributed by atoms with Crippen molar-refractivity contribution < 1.29 is 23.8 Å². The molecule has 9 heteroatoms. The van der Waals surface area contributed by atoms with Crippen molar-refractivity contribution in [1.29, 1.82) is 0 Å². The molecule has 4 aromatic rings. The average Bonchev–Trinajstić information content (AvgIpc) is 3.02. The number of likely N-dealkylation sites (tertiary alicyclic amines) is 1. The third-order valence-corrected chi connectivity index (χ3v) is 7.26. The van der Waals surface area contributed by atoms with Crippen LogP contribution in [0.2, 0.25) is 0 Å². The molecule has 1 fully saturated rings. The fourth-order valence-electron chi connectivity index (χ4n) is 4.87. The van der Waals surface area contributed by atoms with E-state index in [0.29, 0.717) is 42.7 Å².